The van der Waals surface area contributed by atoms with Crippen molar-refractivity contribution in [2.45, 2.75) is 25.8 Å². The Kier molecular flexibility index (Phi) is 5.12. The maximum Gasteiger partial charge on any atom is 0.185 e. The lowest BCUT2D eigenvalue weighted by molar-refractivity contribution is 0.632. The van der Waals surface area contributed by atoms with E-state index in [0.717, 1.165) is 18.4 Å². The van der Waals surface area contributed by atoms with Crippen LogP contribution in [0.3, 0.4) is 0 Å². The van der Waals surface area contributed by atoms with Gasteiger partial charge in [-0.15, -0.1) is 0 Å². The van der Waals surface area contributed by atoms with E-state index in [2.05, 4.69) is 11.9 Å². The number of nitrogens with one attached hydrogen (secondary N) is 2. The predicted molar refractivity (Wildman–Crippen MR) is 51.9 cm³/mol. The second-order valence-electron chi connectivity index (χ2n) is 2.94. The molecule has 1 atom stereocenters. The predicted octanol–water partition coefficient (Wildman–Crippen LogP) is 0.153. The van der Waals surface area contributed by atoms with E-state index in [-0.39, 0.29) is 12.0 Å². The molecule has 0 saturated carbocycles. The highest BCUT2D eigenvalue weighted by atomic mass is 15.0. The number of nitrogens with two attached hydrogens (primary N) is 2. The molecule has 12 heavy (non-hydrogen) atoms. The number of hydrogen-bond acceptors (Lipinski definition) is 2. The first-order chi connectivity index (χ1) is 5.54. The van der Waals surface area contributed by atoms with Gasteiger partial charge in [0.15, 0.2) is 5.96 Å². The molecule has 0 aromatic heterocycles. The van der Waals surface area contributed by atoms with Crippen molar-refractivity contribution in [2.24, 2.45) is 11.5 Å². The molecule has 70 valence electrons. The van der Waals surface area contributed by atoms with Gasteiger partial charge in [0, 0.05) is 12.6 Å². The van der Waals surface area contributed by atoms with Gasteiger partial charge in [0.05, 0.1) is 0 Å². The van der Waals surface area contributed by atoms with Crippen LogP contribution in [0.4, 0.5) is 0 Å². The summed E-state index contributed by atoms with van der Waals surface area (Å²) in [5, 5.41) is 9.60. The molecule has 1 unspecified atom stereocenters. The SMILES string of the molecule is C=C(C)C(N)CCCNC(=N)N. The van der Waals surface area contributed by atoms with Crippen LogP contribution in [0, 0.1) is 5.41 Å². The van der Waals surface area contributed by atoms with Crippen molar-refractivity contribution in [3.63, 3.8) is 0 Å². The van der Waals surface area contributed by atoms with Gasteiger partial charge in [-0.05, 0) is 19.8 Å². The van der Waals surface area contributed by atoms with Crippen LogP contribution in [0.15, 0.2) is 12.2 Å². The third-order valence-electron chi connectivity index (χ3n) is 1.64. The molecule has 0 aliphatic rings. The van der Waals surface area contributed by atoms with E-state index in [4.69, 9.17) is 16.9 Å². The molecule has 0 bridgehead atoms. The van der Waals surface area contributed by atoms with Gasteiger partial charge in [-0.25, -0.2) is 0 Å². The van der Waals surface area contributed by atoms with Crippen molar-refractivity contribution in [2.75, 3.05) is 6.54 Å². The van der Waals surface area contributed by atoms with Gasteiger partial charge in [-0.1, -0.05) is 12.2 Å². The molecule has 0 aromatic carbocycles. The van der Waals surface area contributed by atoms with Crippen LogP contribution in [-0.2, 0) is 0 Å². The Morgan fingerprint density at radius 3 is 2.67 bits per heavy atom. The highest BCUT2D eigenvalue weighted by Crippen LogP contribution is 2.01. The highest BCUT2D eigenvalue weighted by Gasteiger charge is 2.01. The van der Waals surface area contributed by atoms with Crippen LogP contribution in [0.5, 0.6) is 0 Å². The average Bonchev–Trinajstić information content (AvgIpc) is 1.97. The van der Waals surface area contributed by atoms with Crippen LogP contribution in [0.2, 0.25) is 0 Å². The minimum atomic E-state index is 0.0129. The quantitative estimate of drug-likeness (QED) is 0.205. The summed E-state index contributed by atoms with van der Waals surface area (Å²) in [6, 6.07) is 0.0683. The fourth-order valence-electron chi connectivity index (χ4n) is 0.791. The molecular weight excluding hydrogens is 152 g/mol. The molecule has 0 aliphatic heterocycles. The smallest absolute Gasteiger partial charge is 0.185 e. The third kappa shape index (κ3) is 5.73. The zero-order valence-corrected chi connectivity index (χ0v) is 7.56. The van der Waals surface area contributed by atoms with Crippen molar-refractivity contribution < 1.29 is 0 Å². The van der Waals surface area contributed by atoms with Crippen LogP contribution in [0.1, 0.15) is 19.8 Å². The molecule has 0 saturated heterocycles. The van der Waals surface area contributed by atoms with Gasteiger partial charge in [-0.3, -0.25) is 5.41 Å². The summed E-state index contributed by atoms with van der Waals surface area (Å²) in [5.74, 6) is 0.0129. The molecule has 0 fully saturated rings. The summed E-state index contributed by atoms with van der Waals surface area (Å²) in [4.78, 5) is 0. The minimum absolute atomic E-state index is 0.0129. The van der Waals surface area contributed by atoms with Gasteiger partial charge < -0.3 is 16.8 Å². The summed E-state index contributed by atoms with van der Waals surface area (Å²) < 4.78 is 0. The van der Waals surface area contributed by atoms with Crippen LogP contribution < -0.4 is 16.8 Å². The molecule has 4 heteroatoms. The molecule has 0 aliphatic carbocycles. The average molecular weight is 170 g/mol. The van der Waals surface area contributed by atoms with Crippen molar-refractivity contribution >= 4 is 5.96 Å². The standard InChI is InChI=1S/C8H18N4/c1-6(2)7(9)4-3-5-12-8(10)11/h7H,1,3-5,9H2,2H3,(H4,10,11,12). The molecular formula is C8H18N4. The Labute approximate surface area is 73.5 Å². The first-order valence-electron chi connectivity index (χ1n) is 4.03. The molecule has 0 aromatic rings. The van der Waals surface area contributed by atoms with Gasteiger partial charge in [0.25, 0.3) is 0 Å². The molecule has 4 nitrogen and oxygen atoms in total. The van der Waals surface area contributed by atoms with E-state index in [9.17, 15) is 0 Å². The summed E-state index contributed by atoms with van der Waals surface area (Å²) >= 11 is 0. The zero-order chi connectivity index (χ0) is 9.56. The van der Waals surface area contributed by atoms with Gasteiger partial charge in [0.1, 0.15) is 0 Å². The Morgan fingerprint density at radius 1 is 1.67 bits per heavy atom. The minimum Gasteiger partial charge on any atom is -0.370 e. The molecule has 0 spiro atoms. The lowest BCUT2D eigenvalue weighted by Crippen LogP contribution is -2.32. The third-order valence-corrected chi connectivity index (χ3v) is 1.64. The van der Waals surface area contributed by atoms with Crippen molar-refractivity contribution in [1.82, 2.24) is 5.32 Å². The Bertz CT molecular complexity index is 164. The maximum atomic E-state index is 6.88. The molecule has 0 heterocycles. The zero-order valence-electron chi connectivity index (χ0n) is 7.56. The number of guanidine groups is 1. The summed E-state index contributed by atoms with van der Waals surface area (Å²) in [6.07, 6.45) is 1.79. The van der Waals surface area contributed by atoms with E-state index < -0.39 is 0 Å². The van der Waals surface area contributed by atoms with E-state index in [0.29, 0.717) is 6.54 Å². The number of hydrogen-bond donors (Lipinski definition) is 4. The van der Waals surface area contributed by atoms with E-state index in [1.807, 2.05) is 6.92 Å². The summed E-state index contributed by atoms with van der Waals surface area (Å²) in [6.45, 7) is 6.38. The van der Waals surface area contributed by atoms with E-state index >= 15 is 0 Å². The Balaban J connectivity index is 3.31. The fraction of sp³-hybridized carbons (Fsp3) is 0.625. The van der Waals surface area contributed by atoms with Crippen molar-refractivity contribution in [3.8, 4) is 0 Å². The normalized spacial score (nSPS) is 12.2. The van der Waals surface area contributed by atoms with Crippen molar-refractivity contribution in [1.29, 1.82) is 5.41 Å². The van der Waals surface area contributed by atoms with Gasteiger partial charge >= 0.3 is 0 Å². The summed E-state index contributed by atoms with van der Waals surface area (Å²) in [5.41, 5.74) is 11.8. The Morgan fingerprint density at radius 2 is 2.25 bits per heavy atom. The maximum absolute atomic E-state index is 6.88. The molecule has 6 N–H and O–H groups in total. The molecule has 0 rings (SSSR count). The van der Waals surface area contributed by atoms with E-state index in [1.54, 1.807) is 0 Å². The van der Waals surface area contributed by atoms with Crippen molar-refractivity contribution in [3.05, 3.63) is 12.2 Å². The number of rotatable bonds is 5. The molecule has 0 amide bonds. The molecule has 0 radical (unpaired) electrons. The topological polar surface area (TPSA) is 87.9 Å². The van der Waals surface area contributed by atoms with Crippen LogP contribution in [-0.4, -0.2) is 18.5 Å². The lowest BCUT2D eigenvalue weighted by atomic mass is 10.1. The first-order valence-corrected chi connectivity index (χ1v) is 4.03. The largest absolute Gasteiger partial charge is 0.370 e. The first kappa shape index (κ1) is 11.0. The van der Waals surface area contributed by atoms with Gasteiger partial charge in [0.2, 0.25) is 0 Å². The Hall–Kier alpha value is -1.03. The van der Waals surface area contributed by atoms with Crippen LogP contribution >= 0.6 is 0 Å². The second kappa shape index (κ2) is 5.60. The highest BCUT2D eigenvalue weighted by molar-refractivity contribution is 5.74. The van der Waals surface area contributed by atoms with E-state index in [1.165, 1.54) is 0 Å². The lowest BCUT2D eigenvalue weighted by Gasteiger charge is -2.10. The van der Waals surface area contributed by atoms with Gasteiger partial charge in [-0.2, -0.15) is 0 Å². The second-order valence-corrected chi connectivity index (χ2v) is 2.94. The summed E-state index contributed by atoms with van der Waals surface area (Å²) in [7, 11) is 0. The monoisotopic (exact) mass is 170 g/mol. The van der Waals surface area contributed by atoms with Crippen LogP contribution in [0.25, 0.3) is 0 Å². The fourth-order valence-corrected chi connectivity index (χ4v) is 0.791.